The molecule has 0 bridgehead atoms. The molecule has 4 rings (SSSR count). The molecule has 2 aromatic carbocycles. The first-order valence-corrected chi connectivity index (χ1v) is 9.70. The maximum Gasteiger partial charge on any atom is 0.263 e. The van der Waals surface area contributed by atoms with Crippen molar-refractivity contribution < 1.29 is 4.74 Å². The van der Waals surface area contributed by atoms with Gasteiger partial charge in [0.15, 0.2) is 0 Å². The molecule has 4 aromatic rings. The van der Waals surface area contributed by atoms with Crippen molar-refractivity contribution in [2.75, 3.05) is 7.11 Å². The Kier molecular flexibility index (Phi) is 4.72. The van der Waals surface area contributed by atoms with Gasteiger partial charge >= 0.3 is 0 Å². The van der Waals surface area contributed by atoms with Crippen LogP contribution >= 0.6 is 22.9 Å². The Balaban J connectivity index is 1.85. The number of rotatable bonds is 4. The van der Waals surface area contributed by atoms with Crippen LogP contribution in [0, 0.1) is 6.92 Å². The third kappa shape index (κ3) is 3.36. The van der Waals surface area contributed by atoms with Gasteiger partial charge in [-0.25, -0.2) is 4.98 Å². The largest absolute Gasteiger partial charge is 0.497 e. The first kappa shape index (κ1) is 17.8. The predicted octanol–water partition coefficient (Wildman–Crippen LogP) is 5.14. The van der Waals surface area contributed by atoms with Gasteiger partial charge in [-0.05, 0) is 42.3 Å². The maximum atomic E-state index is 13.3. The highest BCUT2D eigenvalue weighted by atomic mass is 35.5. The zero-order chi connectivity index (χ0) is 19.0. The number of halogens is 1. The van der Waals surface area contributed by atoms with E-state index in [0.717, 1.165) is 27.3 Å². The van der Waals surface area contributed by atoms with Crippen LogP contribution in [-0.4, -0.2) is 16.7 Å². The molecule has 0 N–H and O–H groups in total. The lowest BCUT2D eigenvalue weighted by Crippen LogP contribution is -2.24. The number of hydrogen-bond donors (Lipinski definition) is 0. The number of thiophene rings is 1. The second-order valence-corrected chi connectivity index (χ2v) is 7.53. The van der Waals surface area contributed by atoms with Gasteiger partial charge in [0.25, 0.3) is 5.56 Å². The van der Waals surface area contributed by atoms with Gasteiger partial charge in [0, 0.05) is 16.0 Å². The fourth-order valence-electron chi connectivity index (χ4n) is 3.11. The number of benzene rings is 2. The standard InChI is InChI=1S/C21H17ClN2O2S/c1-13-23-20-19(18(12-27-20)15-6-8-17(26-2)9-7-15)21(25)24(13)11-14-4-3-5-16(22)10-14/h3-10,12H,11H2,1-2H3. The molecular weight excluding hydrogens is 380 g/mol. The first-order valence-electron chi connectivity index (χ1n) is 8.44. The Bertz CT molecular complexity index is 1180. The predicted molar refractivity (Wildman–Crippen MR) is 111 cm³/mol. The summed E-state index contributed by atoms with van der Waals surface area (Å²) in [4.78, 5) is 18.7. The number of aromatic nitrogens is 2. The Morgan fingerprint density at radius 3 is 2.67 bits per heavy atom. The lowest BCUT2D eigenvalue weighted by molar-refractivity contribution is 0.415. The molecule has 0 unspecified atom stereocenters. The molecule has 0 atom stereocenters. The van der Waals surface area contributed by atoms with Crippen molar-refractivity contribution in [2.24, 2.45) is 0 Å². The molecule has 6 heteroatoms. The summed E-state index contributed by atoms with van der Waals surface area (Å²) in [5, 5.41) is 3.30. The summed E-state index contributed by atoms with van der Waals surface area (Å²) in [6.45, 7) is 2.30. The summed E-state index contributed by atoms with van der Waals surface area (Å²) in [5.41, 5.74) is 2.80. The third-order valence-corrected chi connectivity index (χ3v) is 5.62. The highest BCUT2D eigenvalue weighted by Gasteiger charge is 2.16. The minimum absolute atomic E-state index is 0.0375. The van der Waals surface area contributed by atoms with Crippen LogP contribution in [0.25, 0.3) is 21.3 Å². The minimum atomic E-state index is -0.0375. The van der Waals surface area contributed by atoms with Crippen LogP contribution in [0.2, 0.25) is 5.02 Å². The smallest absolute Gasteiger partial charge is 0.263 e. The van der Waals surface area contributed by atoms with Crippen LogP contribution in [-0.2, 0) is 6.54 Å². The quantitative estimate of drug-likeness (QED) is 0.479. The highest BCUT2D eigenvalue weighted by Crippen LogP contribution is 2.32. The van der Waals surface area contributed by atoms with Crippen molar-refractivity contribution in [3.05, 3.63) is 80.7 Å². The molecule has 0 aliphatic carbocycles. The summed E-state index contributed by atoms with van der Waals surface area (Å²) < 4.78 is 6.92. The van der Waals surface area contributed by atoms with Gasteiger partial charge in [-0.15, -0.1) is 11.3 Å². The second kappa shape index (κ2) is 7.18. The number of aryl methyl sites for hydroxylation is 1. The summed E-state index contributed by atoms with van der Waals surface area (Å²) >= 11 is 7.57. The fourth-order valence-corrected chi connectivity index (χ4v) is 4.31. The molecule has 2 aromatic heterocycles. The monoisotopic (exact) mass is 396 g/mol. The Labute approximate surface area is 165 Å². The fraction of sp³-hybridized carbons (Fsp3) is 0.143. The van der Waals surface area contributed by atoms with Gasteiger partial charge in [0.2, 0.25) is 0 Å². The third-order valence-electron chi connectivity index (χ3n) is 4.52. The molecule has 0 fully saturated rings. The molecule has 0 amide bonds. The molecule has 0 saturated heterocycles. The molecule has 0 aliphatic rings. The normalized spacial score (nSPS) is 11.1. The first-order chi connectivity index (χ1) is 13.1. The van der Waals surface area contributed by atoms with E-state index < -0.39 is 0 Å². The van der Waals surface area contributed by atoms with Crippen molar-refractivity contribution in [2.45, 2.75) is 13.5 Å². The van der Waals surface area contributed by atoms with E-state index in [-0.39, 0.29) is 5.56 Å². The lowest BCUT2D eigenvalue weighted by Gasteiger charge is -2.11. The molecular formula is C21H17ClN2O2S. The van der Waals surface area contributed by atoms with E-state index >= 15 is 0 Å². The minimum Gasteiger partial charge on any atom is -0.497 e. The highest BCUT2D eigenvalue weighted by molar-refractivity contribution is 7.17. The van der Waals surface area contributed by atoms with Crippen LogP contribution < -0.4 is 10.3 Å². The zero-order valence-corrected chi connectivity index (χ0v) is 16.5. The van der Waals surface area contributed by atoms with E-state index in [1.807, 2.05) is 60.8 Å². The van der Waals surface area contributed by atoms with E-state index in [2.05, 4.69) is 4.98 Å². The van der Waals surface area contributed by atoms with Crippen molar-refractivity contribution >= 4 is 33.2 Å². The Hall–Kier alpha value is -2.63. The van der Waals surface area contributed by atoms with Crippen LogP contribution in [0.4, 0.5) is 0 Å². The topological polar surface area (TPSA) is 44.1 Å². The van der Waals surface area contributed by atoms with E-state index in [0.29, 0.717) is 22.8 Å². The van der Waals surface area contributed by atoms with Gasteiger partial charge in [-0.2, -0.15) is 0 Å². The summed E-state index contributed by atoms with van der Waals surface area (Å²) in [7, 11) is 1.64. The Morgan fingerprint density at radius 2 is 1.96 bits per heavy atom. The second-order valence-electron chi connectivity index (χ2n) is 6.24. The lowest BCUT2D eigenvalue weighted by atomic mass is 10.1. The number of methoxy groups -OCH3 is 1. The van der Waals surface area contributed by atoms with E-state index in [1.54, 1.807) is 11.7 Å². The summed E-state index contributed by atoms with van der Waals surface area (Å²) in [6.07, 6.45) is 0. The number of ether oxygens (including phenoxy) is 1. The van der Waals surface area contributed by atoms with E-state index in [1.165, 1.54) is 11.3 Å². The van der Waals surface area contributed by atoms with Crippen LogP contribution in [0.5, 0.6) is 5.75 Å². The Morgan fingerprint density at radius 1 is 1.19 bits per heavy atom. The van der Waals surface area contributed by atoms with Gasteiger partial charge in [0.05, 0.1) is 19.0 Å². The van der Waals surface area contributed by atoms with Crippen LogP contribution in [0.1, 0.15) is 11.4 Å². The molecule has 136 valence electrons. The molecule has 0 spiro atoms. The maximum absolute atomic E-state index is 13.3. The van der Waals surface area contributed by atoms with Gasteiger partial charge in [0.1, 0.15) is 16.4 Å². The van der Waals surface area contributed by atoms with Gasteiger partial charge in [-0.3, -0.25) is 9.36 Å². The van der Waals surface area contributed by atoms with Gasteiger partial charge in [-0.1, -0.05) is 35.9 Å². The molecule has 2 heterocycles. The van der Waals surface area contributed by atoms with Crippen molar-refractivity contribution in [3.8, 4) is 16.9 Å². The van der Waals surface area contributed by atoms with Crippen molar-refractivity contribution in [1.29, 1.82) is 0 Å². The van der Waals surface area contributed by atoms with Crippen LogP contribution in [0.15, 0.2) is 58.7 Å². The molecule has 0 saturated carbocycles. The number of hydrogen-bond acceptors (Lipinski definition) is 4. The molecule has 27 heavy (non-hydrogen) atoms. The average molecular weight is 397 g/mol. The number of fused-ring (bicyclic) bond motifs is 1. The molecule has 0 aliphatic heterocycles. The van der Waals surface area contributed by atoms with E-state index in [9.17, 15) is 4.79 Å². The number of nitrogens with zero attached hydrogens (tertiary/aromatic N) is 2. The SMILES string of the molecule is COc1ccc(-c2csc3nc(C)n(Cc4cccc(Cl)c4)c(=O)c23)cc1. The average Bonchev–Trinajstić information content (AvgIpc) is 3.09. The zero-order valence-electron chi connectivity index (χ0n) is 14.9. The summed E-state index contributed by atoms with van der Waals surface area (Å²) in [6, 6.07) is 15.2. The van der Waals surface area contributed by atoms with Crippen molar-refractivity contribution in [3.63, 3.8) is 0 Å². The van der Waals surface area contributed by atoms with E-state index in [4.69, 9.17) is 16.3 Å². The van der Waals surface area contributed by atoms with Crippen LogP contribution in [0.3, 0.4) is 0 Å². The molecule has 0 radical (unpaired) electrons. The van der Waals surface area contributed by atoms with Crippen molar-refractivity contribution in [1.82, 2.24) is 9.55 Å². The van der Waals surface area contributed by atoms with Gasteiger partial charge < -0.3 is 4.74 Å². The molecule has 4 nitrogen and oxygen atoms in total. The summed E-state index contributed by atoms with van der Waals surface area (Å²) in [5.74, 6) is 1.47.